The first-order valence-electron chi connectivity index (χ1n) is 7.66. The Hall–Kier alpha value is -1.88. The molecule has 112 valence electrons. The Morgan fingerprint density at radius 1 is 1.24 bits per heavy atom. The minimum atomic E-state index is -0.0732. The van der Waals surface area contributed by atoms with E-state index >= 15 is 0 Å². The van der Waals surface area contributed by atoms with Crippen LogP contribution in [0.1, 0.15) is 35.2 Å². The molecule has 2 aliphatic heterocycles. The number of fused-ring (bicyclic) bond motifs is 1. The van der Waals surface area contributed by atoms with Crippen molar-refractivity contribution < 1.29 is 9.59 Å². The van der Waals surface area contributed by atoms with E-state index in [1.807, 2.05) is 6.07 Å². The normalized spacial score (nSPS) is 18.2. The molecule has 0 aliphatic carbocycles. The number of amides is 2. The molecule has 21 heavy (non-hydrogen) atoms. The van der Waals surface area contributed by atoms with Gasteiger partial charge in [0.15, 0.2) is 0 Å². The topological polar surface area (TPSA) is 61.4 Å². The number of rotatable bonds is 4. The first-order chi connectivity index (χ1) is 10.2. The van der Waals surface area contributed by atoms with Crippen molar-refractivity contribution in [3.05, 3.63) is 29.3 Å². The molecule has 2 N–H and O–H groups in total. The third-order valence-electron chi connectivity index (χ3n) is 4.16. The highest BCUT2D eigenvalue weighted by molar-refractivity contribution is 6.02. The molecular weight excluding hydrogens is 266 g/mol. The van der Waals surface area contributed by atoms with E-state index < -0.39 is 0 Å². The van der Waals surface area contributed by atoms with Gasteiger partial charge in [-0.3, -0.25) is 9.59 Å². The largest absolute Gasteiger partial charge is 0.351 e. The van der Waals surface area contributed by atoms with Gasteiger partial charge in [-0.25, -0.2) is 0 Å². The van der Waals surface area contributed by atoms with Gasteiger partial charge in [0.1, 0.15) is 0 Å². The monoisotopic (exact) mass is 287 g/mol. The van der Waals surface area contributed by atoms with Gasteiger partial charge in [-0.15, -0.1) is 0 Å². The maximum atomic E-state index is 12.1. The van der Waals surface area contributed by atoms with Crippen molar-refractivity contribution in [2.45, 2.75) is 25.7 Å². The van der Waals surface area contributed by atoms with Gasteiger partial charge in [0, 0.05) is 24.3 Å². The highest BCUT2D eigenvalue weighted by Gasteiger charge is 2.19. The average Bonchev–Trinajstić information content (AvgIpc) is 2.87. The molecule has 0 atom stereocenters. The summed E-state index contributed by atoms with van der Waals surface area (Å²) < 4.78 is 0. The lowest BCUT2D eigenvalue weighted by Gasteiger charge is -2.26. The SMILES string of the molecule is O=C1Cc2ccc(C(=O)NCCN3CCCCC3)cc2N1. The molecule has 0 radical (unpaired) electrons. The van der Waals surface area contributed by atoms with Crippen LogP contribution in [0.15, 0.2) is 18.2 Å². The van der Waals surface area contributed by atoms with Crippen molar-refractivity contribution in [3.8, 4) is 0 Å². The Balaban J connectivity index is 1.51. The van der Waals surface area contributed by atoms with Crippen LogP contribution in [-0.4, -0.2) is 42.9 Å². The Labute approximate surface area is 124 Å². The van der Waals surface area contributed by atoms with E-state index in [-0.39, 0.29) is 11.8 Å². The fraction of sp³-hybridized carbons (Fsp3) is 0.500. The van der Waals surface area contributed by atoms with Crippen molar-refractivity contribution in [3.63, 3.8) is 0 Å². The number of nitrogens with one attached hydrogen (secondary N) is 2. The molecule has 3 rings (SSSR count). The first kappa shape index (κ1) is 14.1. The summed E-state index contributed by atoms with van der Waals surface area (Å²) in [7, 11) is 0. The molecule has 5 heteroatoms. The van der Waals surface area contributed by atoms with Crippen LogP contribution in [0, 0.1) is 0 Å². The van der Waals surface area contributed by atoms with Gasteiger partial charge in [-0.05, 0) is 43.6 Å². The maximum Gasteiger partial charge on any atom is 0.251 e. The number of carbonyl (C=O) groups excluding carboxylic acids is 2. The van der Waals surface area contributed by atoms with E-state index in [0.717, 1.165) is 30.9 Å². The highest BCUT2D eigenvalue weighted by atomic mass is 16.2. The number of benzene rings is 1. The molecule has 5 nitrogen and oxygen atoms in total. The minimum absolute atomic E-state index is 0.00680. The summed E-state index contributed by atoms with van der Waals surface area (Å²) in [6.07, 6.45) is 4.26. The lowest BCUT2D eigenvalue weighted by Crippen LogP contribution is -2.37. The molecule has 0 saturated carbocycles. The Morgan fingerprint density at radius 2 is 2.05 bits per heavy atom. The van der Waals surface area contributed by atoms with E-state index in [0.29, 0.717) is 18.5 Å². The molecule has 2 heterocycles. The molecule has 2 aliphatic rings. The zero-order valence-corrected chi connectivity index (χ0v) is 12.2. The number of nitrogens with zero attached hydrogens (tertiary/aromatic N) is 1. The number of likely N-dealkylation sites (tertiary alicyclic amines) is 1. The average molecular weight is 287 g/mol. The molecule has 2 amide bonds. The summed E-state index contributed by atoms with van der Waals surface area (Å²) in [5, 5.41) is 5.73. The Kier molecular flexibility index (Phi) is 4.20. The van der Waals surface area contributed by atoms with Crippen molar-refractivity contribution in [2.75, 3.05) is 31.5 Å². The van der Waals surface area contributed by atoms with E-state index in [1.165, 1.54) is 19.3 Å². The van der Waals surface area contributed by atoms with E-state index in [2.05, 4.69) is 15.5 Å². The molecule has 1 fully saturated rings. The number of hydrogen-bond acceptors (Lipinski definition) is 3. The zero-order chi connectivity index (χ0) is 14.7. The lowest BCUT2D eigenvalue weighted by molar-refractivity contribution is -0.115. The molecule has 1 aromatic rings. The van der Waals surface area contributed by atoms with Crippen LogP contribution in [0.4, 0.5) is 5.69 Å². The molecule has 0 unspecified atom stereocenters. The van der Waals surface area contributed by atoms with Crippen LogP contribution in [0.25, 0.3) is 0 Å². The fourth-order valence-electron chi connectivity index (χ4n) is 2.97. The number of piperidine rings is 1. The summed E-state index contributed by atoms with van der Waals surface area (Å²) in [4.78, 5) is 25.8. The molecule has 0 spiro atoms. The molecule has 0 aromatic heterocycles. The van der Waals surface area contributed by atoms with Crippen LogP contribution in [0.5, 0.6) is 0 Å². The van der Waals surface area contributed by atoms with Crippen molar-refractivity contribution >= 4 is 17.5 Å². The van der Waals surface area contributed by atoms with Gasteiger partial charge in [0.2, 0.25) is 5.91 Å². The second-order valence-electron chi connectivity index (χ2n) is 5.76. The minimum Gasteiger partial charge on any atom is -0.351 e. The Morgan fingerprint density at radius 3 is 2.86 bits per heavy atom. The number of hydrogen-bond donors (Lipinski definition) is 2. The first-order valence-corrected chi connectivity index (χ1v) is 7.66. The van der Waals surface area contributed by atoms with Gasteiger partial charge in [0.25, 0.3) is 5.91 Å². The van der Waals surface area contributed by atoms with Gasteiger partial charge < -0.3 is 15.5 Å². The third-order valence-corrected chi connectivity index (χ3v) is 4.16. The van der Waals surface area contributed by atoms with E-state index in [9.17, 15) is 9.59 Å². The predicted octanol–water partition coefficient (Wildman–Crippen LogP) is 1.40. The van der Waals surface area contributed by atoms with Gasteiger partial charge in [-0.2, -0.15) is 0 Å². The molecule has 1 aromatic carbocycles. The lowest BCUT2D eigenvalue weighted by atomic mass is 10.1. The van der Waals surface area contributed by atoms with Crippen LogP contribution in [0.3, 0.4) is 0 Å². The third kappa shape index (κ3) is 3.42. The molecule has 1 saturated heterocycles. The van der Waals surface area contributed by atoms with Gasteiger partial charge in [0.05, 0.1) is 6.42 Å². The number of carbonyl (C=O) groups is 2. The second kappa shape index (κ2) is 6.26. The second-order valence-corrected chi connectivity index (χ2v) is 5.76. The highest BCUT2D eigenvalue weighted by Crippen LogP contribution is 2.23. The predicted molar refractivity (Wildman–Crippen MR) is 81.4 cm³/mol. The summed E-state index contributed by atoms with van der Waals surface area (Å²) >= 11 is 0. The summed E-state index contributed by atoms with van der Waals surface area (Å²) in [5.74, 6) is -0.0800. The number of anilines is 1. The molecule has 0 bridgehead atoms. The summed E-state index contributed by atoms with van der Waals surface area (Å²) in [5.41, 5.74) is 2.34. The van der Waals surface area contributed by atoms with Crippen molar-refractivity contribution in [2.24, 2.45) is 0 Å². The van der Waals surface area contributed by atoms with Crippen LogP contribution >= 0.6 is 0 Å². The van der Waals surface area contributed by atoms with Crippen LogP contribution in [0.2, 0.25) is 0 Å². The van der Waals surface area contributed by atoms with Crippen molar-refractivity contribution in [1.29, 1.82) is 0 Å². The van der Waals surface area contributed by atoms with E-state index in [4.69, 9.17) is 0 Å². The zero-order valence-electron chi connectivity index (χ0n) is 12.2. The standard InChI is InChI=1S/C16H21N3O2/c20-15-11-12-4-5-13(10-14(12)18-15)16(21)17-6-9-19-7-2-1-3-8-19/h4-5,10H,1-3,6-9,11H2,(H,17,21)(H,18,20). The van der Waals surface area contributed by atoms with E-state index in [1.54, 1.807) is 12.1 Å². The van der Waals surface area contributed by atoms with Gasteiger partial charge in [-0.1, -0.05) is 12.5 Å². The summed E-state index contributed by atoms with van der Waals surface area (Å²) in [6.45, 7) is 3.86. The smallest absolute Gasteiger partial charge is 0.251 e. The quantitative estimate of drug-likeness (QED) is 0.880. The fourth-order valence-corrected chi connectivity index (χ4v) is 2.97. The maximum absolute atomic E-state index is 12.1. The summed E-state index contributed by atoms with van der Waals surface area (Å²) in [6, 6.07) is 5.40. The van der Waals surface area contributed by atoms with Crippen molar-refractivity contribution in [1.82, 2.24) is 10.2 Å². The Bertz CT molecular complexity index is 550. The molecular formula is C16H21N3O2. The van der Waals surface area contributed by atoms with Gasteiger partial charge >= 0.3 is 0 Å². The van der Waals surface area contributed by atoms with Crippen LogP contribution in [-0.2, 0) is 11.2 Å². The van der Waals surface area contributed by atoms with Crippen LogP contribution < -0.4 is 10.6 Å².